The highest BCUT2D eigenvalue weighted by Gasteiger charge is 2.44. The molecule has 0 saturated heterocycles. The van der Waals surface area contributed by atoms with Gasteiger partial charge in [-0.1, -0.05) is 71.1 Å². The Hall–Kier alpha value is -2.44. The Morgan fingerprint density at radius 2 is 1.85 bits per heavy atom. The van der Waals surface area contributed by atoms with Crippen LogP contribution in [-0.4, -0.2) is 36.3 Å². The fourth-order valence-corrected chi connectivity index (χ4v) is 4.83. The third-order valence-corrected chi connectivity index (χ3v) is 8.42. The Kier molecular flexibility index (Phi) is 13.3. The average molecular weight is 560 g/mol. The van der Waals surface area contributed by atoms with Crippen LogP contribution in [0.4, 0.5) is 10.1 Å². The van der Waals surface area contributed by atoms with Crippen molar-refractivity contribution in [3.05, 3.63) is 65.0 Å². The fraction of sp³-hybridized carbons (Fsp3) is 0.618. The summed E-state index contributed by atoms with van der Waals surface area (Å²) in [4.78, 5) is 12.2. The van der Waals surface area contributed by atoms with E-state index < -0.39 is 17.5 Å². The van der Waals surface area contributed by atoms with Gasteiger partial charge in [0, 0.05) is 18.7 Å². The molecule has 0 heterocycles. The van der Waals surface area contributed by atoms with Gasteiger partial charge in [0.2, 0.25) is 0 Å². The Labute approximate surface area is 242 Å². The summed E-state index contributed by atoms with van der Waals surface area (Å²) in [6.45, 7) is 18.2. The summed E-state index contributed by atoms with van der Waals surface area (Å²) in [5.74, 6) is -1.30. The molecule has 6 heteroatoms. The number of anilines is 1. The number of methoxy groups -OCH3 is 1. The maximum absolute atomic E-state index is 15.5. The minimum Gasteiger partial charge on any atom is -0.468 e. The SMILES string of the molecule is C=C(C(CC1=C(F)C(C(=O)OC)C(C)C=C1)c1ccc(C2CC2)cc1NC)C1(C)CC1.CC.CCC(C)(C)O.O. The second kappa shape index (κ2) is 15.0. The highest BCUT2D eigenvalue weighted by molar-refractivity contribution is 5.77. The highest BCUT2D eigenvalue weighted by atomic mass is 19.1. The van der Waals surface area contributed by atoms with E-state index in [1.807, 2.05) is 46.9 Å². The molecule has 1 aromatic rings. The van der Waals surface area contributed by atoms with Gasteiger partial charge in [0.05, 0.1) is 12.7 Å². The van der Waals surface area contributed by atoms with E-state index in [-0.39, 0.29) is 28.6 Å². The van der Waals surface area contributed by atoms with Crippen molar-refractivity contribution in [1.29, 1.82) is 0 Å². The molecular weight excluding hydrogens is 505 g/mol. The molecule has 0 spiro atoms. The number of carbonyl (C=O) groups excluding carboxylic acids is 1. The van der Waals surface area contributed by atoms with E-state index >= 15 is 4.39 Å². The van der Waals surface area contributed by atoms with Crippen molar-refractivity contribution in [1.82, 2.24) is 0 Å². The highest BCUT2D eigenvalue weighted by Crippen LogP contribution is 2.57. The molecule has 3 aliphatic rings. The van der Waals surface area contributed by atoms with E-state index in [9.17, 15) is 4.79 Å². The fourth-order valence-electron chi connectivity index (χ4n) is 4.83. The van der Waals surface area contributed by atoms with Gasteiger partial charge in [-0.2, -0.15) is 0 Å². The number of ether oxygens (including phenoxy) is 1. The maximum atomic E-state index is 15.5. The molecule has 3 atom stereocenters. The van der Waals surface area contributed by atoms with Crippen LogP contribution in [0.15, 0.2) is 53.9 Å². The first-order valence-corrected chi connectivity index (χ1v) is 14.7. The summed E-state index contributed by atoms with van der Waals surface area (Å²) in [6.07, 6.45) is 9.86. The van der Waals surface area contributed by atoms with Gasteiger partial charge in [0.15, 0.2) is 0 Å². The number of aliphatic hydroxyl groups is 1. The first kappa shape index (κ1) is 35.6. The quantitative estimate of drug-likeness (QED) is 0.237. The van der Waals surface area contributed by atoms with Gasteiger partial charge in [-0.15, -0.1) is 0 Å². The van der Waals surface area contributed by atoms with Crippen LogP contribution in [0.2, 0.25) is 0 Å². The third-order valence-electron chi connectivity index (χ3n) is 8.42. The zero-order valence-corrected chi connectivity index (χ0v) is 26.3. The molecule has 2 fully saturated rings. The number of esters is 1. The van der Waals surface area contributed by atoms with Crippen molar-refractivity contribution in [2.75, 3.05) is 19.5 Å². The van der Waals surface area contributed by atoms with Crippen LogP contribution >= 0.6 is 0 Å². The summed E-state index contributed by atoms with van der Waals surface area (Å²) in [5, 5.41) is 12.2. The predicted molar refractivity (Wildman–Crippen MR) is 165 cm³/mol. The second-order valence-corrected chi connectivity index (χ2v) is 12.0. The van der Waals surface area contributed by atoms with Gasteiger partial charge in [-0.05, 0) is 92.4 Å². The van der Waals surface area contributed by atoms with Crippen LogP contribution in [0, 0.1) is 17.3 Å². The molecule has 0 bridgehead atoms. The minimum absolute atomic E-state index is 0. The number of halogens is 1. The molecule has 4 N–H and O–H groups in total. The second-order valence-electron chi connectivity index (χ2n) is 12.0. The number of allylic oxidation sites excluding steroid dienone is 4. The molecule has 0 radical (unpaired) electrons. The lowest BCUT2D eigenvalue weighted by molar-refractivity contribution is -0.145. The first-order chi connectivity index (χ1) is 18.3. The van der Waals surface area contributed by atoms with Crippen molar-refractivity contribution in [3.63, 3.8) is 0 Å². The normalized spacial score (nSPS) is 21.5. The molecule has 3 aliphatic carbocycles. The van der Waals surface area contributed by atoms with E-state index in [1.54, 1.807) is 13.8 Å². The number of rotatable bonds is 9. The van der Waals surface area contributed by atoms with Gasteiger partial charge in [0.25, 0.3) is 0 Å². The number of hydrogen-bond acceptors (Lipinski definition) is 4. The van der Waals surface area contributed by atoms with Gasteiger partial charge < -0.3 is 20.6 Å². The maximum Gasteiger partial charge on any atom is 0.316 e. The molecular formula is C34H54FNO4. The molecule has 0 aromatic heterocycles. The number of carbonyl (C=O) groups is 1. The smallest absolute Gasteiger partial charge is 0.316 e. The minimum atomic E-state index is -0.864. The lowest BCUT2D eigenvalue weighted by atomic mass is 9.76. The summed E-state index contributed by atoms with van der Waals surface area (Å²) in [5.41, 5.74) is 5.01. The Morgan fingerprint density at radius 3 is 2.30 bits per heavy atom. The standard InChI is InChI=1S/C27H34FNO2.C5H12O.C2H6.H2O/c1-16-6-7-20(25(28)24(16)26(30)31-5)14-22(17(2)27(3)12-13-27)21-11-10-19(18-8-9-18)15-23(21)29-4;1-4-5(2,3)6;1-2;/h6-7,10-11,15-16,18,22,24,29H,2,8-9,12-14H2,1,3-5H3;6H,4H2,1-3H3;1-2H3;1H2. The molecule has 2 saturated carbocycles. The van der Waals surface area contributed by atoms with Crippen molar-refractivity contribution >= 4 is 11.7 Å². The molecule has 0 amide bonds. The van der Waals surface area contributed by atoms with Crippen molar-refractivity contribution < 1.29 is 24.5 Å². The van der Waals surface area contributed by atoms with Gasteiger partial charge in [-0.3, -0.25) is 4.79 Å². The zero-order chi connectivity index (χ0) is 29.5. The third kappa shape index (κ3) is 9.04. The monoisotopic (exact) mass is 559 g/mol. The van der Waals surface area contributed by atoms with Gasteiger partial charge >= 0.3 is 5.97 Å². The van der Waals surface area contributed by atoms with E-state index in [0.29, 0.717) is 17.9 Å². The van der Waals surface area contributed by atoms with Crippen LogP contribution in [0.25, 0.3) is 0 Å². The Morgan fingerprint density at radius 1 is 1.27 bits per heavy atom. The van der Waals surface area contributed by atoms with Crippen molar-refractivity contribution in [2.45, 2.75) is 104 Å². The van der Waals surface area contributed by atoms with Gasteiger partial charge in [-0.25, -0.2) is 4.39 Å². The lowest BCUT2D eigenvalue weighted by Crippen LogP contribution is -2.26. The number of nitrogens with one attached hydrogen (secondary N) is 1. The van der Waals surface area contributed by atoms with Crippen LogP contribution in [0.1, 0.15) is 110 Å². The van der Waals surface area contributed by atoms with Crippen molar-refractivity contribution in [3.8, 4) is 0 Å². The van der Waals surface area contributed by atoms with E-state index in [1.165, 1.54) is 25.5 Å². The van der Waals surface area contributed by atoms with E-state index in [2.05, 4.69) is 37.0 Å². The molecule has 40 heavy (non-hydrogen) atoms. The molecule has 4 rings (SSSR count). The largest absolute Gasteiger partial charge is 0.468 e. The lowest BCUT2D eigenvalue weighted by Gasteiger charge is -2.30. The average Bonchev–Trinajstić information content (AvgIpc) is 3.86. The summed E-state index contributed by atoms with van der Waals surface area (Å²) >= 11 is 0. The zero-order valence-electron chi connectivity index (χ0n) is 26.3. The summed E-state index contributed by atoms with van der Waals surface area (Å²) in [6, 6.07) is 6.68. The number of hydrogen-bond donors (Lipinski definition) is 2. The predicted octanol–water partition coefficient (Wildman–Crippen LogP) is 8.02. The first-order valence-electron chi connectivity index (χ1n) is 14.7. The van der Waals surface area contributed by atoms with E-state index in [4.69, 9.17) is 9.84 Å². The molecule has 1 aromatic carbocycles. The summed E-state index contributed by atoms with van der Waals surface area (Å²) < 4.78 is 20.4. The number of benzene rings is 1. The van der Waals surface area contributed by atoms with Crippen LogP contribution < -0.4 is 5.32 Å². The van der Waals surface area contributed by atoms with Crippen LogP contribution in [0.3, 0.4) is 0 Å². The van der Waals surface area contributed by atoms with Crippen LogP contribution in [0.5, 0.6) is 0 Å². The molecule has 0 aliphatic heterocycles. The molecule has 3 unspecified atom stereocenters. The van der Waals surface area contributed by atoms with Gasteiger partial charge in [0.1, 0.15) is 11.7 Å². The Balaban J connectivity index is 0.000000790. The summed E-state index contributed by atoms with van der Waals surface area (Å²) in [7, 11) is 3.27. The Bertz CT molecular complexity index is 1060. The molecule has 5 nitrogen and oxygen atoms in total. The van der Waals surface area contributed by atoms with Crippen molar-refractivity contribution in [2.24, 2.45) is 17.3 Å². The topological polar surface area (TPSA) is 90.1 Å². The van der Waals surface area contributed by atoms with Crippen LogP contribution in [-0.2, 0) is 9.53 Å². The van der Waals surface area contributed by atoms with E-state index in [0.717, 1.165) is 36.1 Å². The molecule has 226 valence electrons.